The Balaban J connectivity index is 1.63. The maximum absolute atomic E-state index is 13.0. The Morgan fingerprint density at radius 3 is 2.58 bits per heavy atom. The molecule has 3 aromatic rings. The summed E-state index contributed by atoms with van der Waals surface area (Å²) in [5, 5.41) is 14.6. The van der Waals surface area contributed by atoms with Gasteiger partial charge in [-0.25, -0.2) is 4.39 Å². The van der Waals surface area contributed by atoms with Crippen molar-refractivity contribution in [2.45, 2.75) is 5.16 Å². The van der Waals surface area contributed by atoms with Crippen LogP contribution in [0.5, 0.6) is 0 Å². The fourth-order valence-electron chi connectivity index (χ4n) is 1.87. The third-order valence-corrected chi connectivity index (χ3v) is 4.61. The van der Waals surface area contributed by atoms with Gasteiger partial charge < -0.3 is 5.32 Å². The Hall–Kier alpha value is -2.01. The highest BCUT2D eigenvalue weighted by molar-refractivity contribution is 14.1. The molecule has 1 N–H and O–H groups in total. The first-order valence-electron chi connectivity index (χ1n) is 6.84. The fraction of sp³-hybridized carbons (Fsp3) is 0.0667. The second-order valence-electron chi connectivity index (χ2n) is 4.69. The zero-order valence-electron chi connectivity index (χ0n) is 12.2. The van der Waals surface area contributed by atoms with E-state index in [0.717, 1.165) is 9.26 Å². The van der Waals surface area contributed by atoms with Crippen LogP contribution in [0, 0.1) is 9.39 Å². The molecular formula is C15H11FIN5OS. The van der Waals surface area contributed by atoms with Crippen molar-refractivity contribution in [1.29, 1.82) is 0 Å². The number of anilines is 1. The van der Waals surface area contributed by atoms with Crippen molar-refractivity contribution in [3.63, 3.8) is 0 Å². The molecule has 1 heterocycles. The van der Waals surface area contributed by atoms with Gasteiger partial charge in [-0.15, -0.1) is 5.10 Å². The average Bonchev–Trinajstić information content (AvgIpc) is 3.04. The first-order chi connectivity index (χ1) is 11.6. The number of amides is 1. The number of nitrogens with one attached hydrogen (secondary N) is 1. The highest BCUT2D eigenvalue weighted by atomic mass is 127. The van der Waals surface area contributed by atoms with Crippen molar-refractivity contribution >= 4 is 45.9 Å². The molecule has 0 saturated carbocycles. The summed E-state index contributed by atoms with van der Waals surface area (Å²) >= 11 is 3.40. The smallest absolute Gasteiger partial charge is 0.234 e. The second-order valence-corrected chi connectivity index (χ2v) is 6.88. The summed E-state index contributed by atoms with van der Waals surface area (Å²) in [6.45, 7) is 0. The Bertz CT molecular complexity index is 838. The van der Waals surface area contributed by atoms with Crippen molar-refractivity contribution in [3.05, 3.63) is 57.9 Å². The molecule has 0 spiro atoms. The fourth-order valence-corrected chi connectivity index (χ4v) is 2.92. The topological polar surface area (TPSA) is 72.7 Å². The van der Waals surface area contributed by atoms with Crippen LogP contribution in [0.25, 0.3) is 5.69 Å². The molecule has 122 valence electrons. The number of carbonyl (C=O) groups is 1. The molecule has 6 nitrogen and oxygen atoms in total. The number of tetrazole rings is 1. The summed E-state index contributed by atoms with van der Waals surface area (Å²) < 4.78 is 15.6. The Kier molecular flexibility index (Phi) is 5.41. The van der Waals surface area contributed by atoms with E-state index in [-0.39, 0.29) is 17.5 Å². The number of halogens is 2. The number of rotatable bonds is 5. The predicted octanol–water partition coefficient (Wildman–Crippen LogP) is 3.14. The number of aromatic nitrogens is 4. The van der Waals surface area contributed by atoms with Crippen LogP contribution in [-0.4, -0.2) is 31.9 Å². The third kappa shape index (κ3) is 4.29. The maximum atomic E-state index is 13.0. The lowest BCUT2D eigenvalue weighted by Crippen LogP contribution is -2.14. The third-order valence-electron chi connectivity index (χ3n) is 2.97. The summed E-state index contributed by atoms with van der Waals surface area (Å²) in [7, 11) is 0. The Labute approximate surface area is 155 Å². The molecule has 0 saturated heterocycles. The molecule has 0 bridgehead atoms. The summed E-state index contributed by atoms with van der Waals surface area (Å²) in [4.78, 5) is 12.0. The van der Waals surface area contributed by atoms with Gasteiger partial charge in [0.1, 0.15) is 5.82 Å². The van der Waals surface area contributed by atoms with Crippen LogP contribution in [0.3, 0.4) is 0 Å². The number of carbonyl (C=O) groups excluding carboxylic acids is 1. The Morgan fingerprint density at radius 1 is 1.17 bits per heavy atom. The quantitative estimate of drug-likeness (QED) is 0.473. The number of hydrogen-bond donors (Lipinski definition) is 1. The molecule has 0 atom stereocenters. The van der Waals surface area contributed by atoms with Crippen molar-refractivity contribution in [1.82, 2.24) is 20.2 Å². The molecule has 0 aliphatic carbocycles. The van der Waals surface area contributed by atoms with Crippen LogP contribution in [0.4, 0.5) is 10.1 Å². The van der Waals surface area contributed by atoms with Crippen LogP contribution in [-0.2, 0) is 4.79 Å². The standard InChI is InChI=1S/C15H11FIN5OS/c16-10-1-7-13(8-2-10)22-15(19-20-21-22)24-9-14(23)18-12-5-3-11(17)4-6-12/h1-8H,9H2,(H,18,23). The van der Waals surface area contributed by atoms with Gasteiger partial charge in [0.25, 0.3) is 0 Å². The van der Waals surface area contributed by atoms with Gasteiger partial charge in [0, 0.05) is 9.26 Å². The van der Waals surface area contributed by atoms with E-state index in [1.807, 2.05) is 24.3 Å². The molecule has 3 rings (SSSR count). The van der Waals surface area contributed by atoms with Crippen molar-refractivity contribution in [2.24, 2.45) is 0 Å². The lowest BCUT2D eigenvalue weighted by atomic mass is 10.3. The first kappa shape index (κ1) is 16.8. The van der Waals surface area contributed by atoms with Crippen molar-refractivity contribution in [3.8, 4) is 5.69 Å². The van der Waals surface area contributed by atoms with E-state index in [1.54, 1.807) is 12.1 Å². The Morgan fingerprint density at radius 2 is 1.88 bits per heavy atom. The molecule has 1 amide bonds. The average molecular weight is 455 g/mol. The summed E-state index contributed by atoms with van der Waals surface area (Å²) in [6, 6.07) is 13.3. The molecule has 0 radical (unpaired) electrons. The normalized spacial score (nSPS) is 10.6. The van der Waals surface area contributed by atoms with Crippen LogP contribution in [0.2, 0.25) is 0 Å². The minimum absolute atomic E-state index is 0.158. The lowest BCUT2D eigenvalue weighted by Gasteiger charge is -2.06. The maximum Gasteiger partial charge on any atom is 0.234 e. The number of nitrogens with zero attached hydrogens (tertiary/aromatic N) is 4. The van der Waals surface area contributed by atoms with E-state index in [0.29, 0.717) is 10.8 Å². The van der Waals surface area contributed by atoms with Gasteiger partial charge >= 0.3 is 0 Å². The molecule has 1 aromatic heterocycles. The van der Waals surface area contributed by atoms with Crippen molar-refractivity contribution < 1.29 is 9.18 Å². The molecule has 0 fully saturated rings. The van der Waals surface area contributed by atoms with Gasteiger partial charge in [0.15, 0.2) is 0 Å². The zero-order valence-corrected chi connectivity index (χ0v) is 15.2. The monoisotopic (exact) mass is 455 g/mol. The first-order valence-corrected chi connectivity index (χ1v) is 8.91. The molecule has 0 aliphatic rings. The van der Waals surface area contributed by atoms with Gasteiger partial charge in [-0.2, -0.15) is 4.68 Å². The zero-order chi connectivity index (χ0) is 16.9. The molecular weight excluding hydrogens is 444 g/mol. The summed E-state index contributed by atoms with van der Waals surface area (Å²) in [5.74, 6) is -0.333. The lowest BCUT2D eigenvalue weighted by molar-refractivity contribution is -0.113. The van der Waals surface area contributed by atoms with E-state index in [4.69, 9.17) is 0 Å². The predicted molar refractivity (Wildman–Crippen MR) is 97.6 cm³/mol. The number of hydrogen-bond acceptors (Lipinski definition) is 5. The molecule has 0 unspecified atom stereocenters. The largest absolute Gasteiger partial charge is 0.325 e. The van der Waals surface area contributed by atoms with E-state index in [1.165, 1.54) is 28.6 Å². The van der Waals surface area contributed by atoms with E-state index >= 15 is 0 Å². The van der Waals surface area contributed by atoms with E-state index in [9.17, 15) is 9.18 Å². The minimum atomic E-state index is -0.335. The van der Waals surface area contributed by atoms with E-state index < -0.39 is 0 Å². The molecule has 24 heavy (non-hydrogen) atoms. The van der Waals surface area contributed by atoms with Gasteiger partial charge in [-0.3, -0.25) is 4.79 Å². The van der Waals surface area contributed by atoms with Crippen molar-refractivity contribution in [2.75, 3.05) is 11.1 Å². The van der Waals surface area contributed by atoms with Gasteiger partial charge in [-0.1, -0.05) is 11.8 Å². The molecule has 9 heteroatoms. The van der Waals surface area contributed by atoms with Gasteiger partial charge in [0.05, 0.1) is 11.4 Å². The van der Waals surface area contributed by atoms with Crippen LogP contribution >= 0.6 is 34.4 Å². The highest BCUT2D eigenvalue weighted by Crippen LogP contribution is 2.19. The SMILES string of the molecule is O=C(CSc1nnnn1-c1ccc(F)cc1)Nc1ccc(I)cc1. The highest BCUT2D eigenvalue weighted by Gasteiger charge is 2.12. The molecule has 0 aliphatic heterocycles. The van der Waals surface area contributed by atoms with Crippen LogP contribution < -0.4 is 5.32 Å². The summed E-state index contributed by atoms with van der Waals surface area (Å²) in [5.41, 5.74) is 1.36. The molecule has 2 aromatic carbocycles. The van der Waals surface area contributed by atoms with Gasteiger partial charge in [-0.05, 0) is 81.5 Å². The number of benzene rings is 2. The van der Waals surface area contributed by atoms with Crippen LogP contribution in [0.15, 0.2) is 53.7 Å². The summed E-state index contributed by atoms with van der Waals surface area (Å²) in [6.07, 6.45) is 0. The van der Waals surface area contributed by atoms with Crippen LogP contribution in [0.1, 0.15) is 0 Å². The van der Waals surface area contributed by atoms with E-state index in [2.05, 4.69) is 43.4 Å². The second kappa shape index (κ2) is 7.71. The number of thioether (sulfide) groups is 1. The van der Waals surface area contributed by atoms with Gasteiger partial charge in [0.2, 0.25) is 11.1 Å². The minimum Gasteiger partial charge on any atom is -0.325 e.